The second-order valence-corrected chi connectivity index (χ2v) is 5.99. The molecule has 7 nitrogen and oxygen atoms in total. The van der Waals surface area contributed by atoms with E-state index in [1.165, 1.54) is 28.9 Å². The maximum atomic E-state index is 14.3. The molecule has 3 heterocycles. The Morgan fingerprint density at radius 1 is 1.19 bits per heavy atom. The fourth-order valence-corrected chi connectivity index (χ4v) is 3.22. The first-order valence-corrected chi connectivity index (χ1v) is 7.85. The quantitative estimate of drug-likeness (QED) is 0.734. The molecule has 1 aliphatic heterocycles. The van der Waals surface area contributed by atoms with E-state index >= 15 is 0 Å². The zero-order valence-electron chi connectivity index (χ0n) is 13.6. The average molecular weight is 357 g/mol. The van der Waals surface area contributed by atoms with Crippen molar-refractivity contribution in [3.63, 3.8) is 0 Å². The van der Waals surface area contributed by atoms with Gasteiger partial charge in [0.1, 0.15) is 5.82 Å². The Labute approximate surface area is 145 Å². The minimum Gasteiger partial charge on any atom is -0.310 e. The summed E-state index contributed by atoms with van der Waals surface area (Å²) in [5, 5.41) is 13.3. The van der Waals surface area contributed by atoms with Gasteiger partial charge in [-0.2, -0.15) is 14.9 Å². The van der Waals surface area contributed by atoms with E-state index in [0.717, 1.165) is 6.07 Å². The summed E-state index contributed by atoms with van der Waals surface area (Å²) in [6.45, 7) is 1.71. The van der Waals surface area contributed by atoms with Gasteiger partial charge in [-0.05, 0) is 24.6 Å². The standard InChI is InChI=1S/C17H13F2N5O2/c1-8-15-10(9-3-2-4-11(18)16(9)19)7-14(26)20-17(15)24(23-8)12-5-6-13(25)22-21-12/h2-6,10H,7H2,1H3,(H,20,26)(H,22,25)/t10-/m1/s1. The molecule has 1 aliphatic rings. The average Bonchev–Trinajstić information content (AvgIpc) is 2.94. The lowest BCUT2D eigenvalue weighted by Gasteiger charge is -2.24. The molecule has 0 fully saturated rings. The number of hydrogen-bond donors (Lipinski definition) is 2. The molecule has 9 heteroatoms. The van der Waals surface area contributed by atoms with Gasteiger partial charge in [-0.3, -0.25) is 9.59 Å². The van der Waals surface area contributed by atoms with Crippen molar-refractivity contribution in [2.24, 2.45) is 0 Å². The van der Waals surface area contributed by atoms with E-state index in [0.29, 0.717) is 17.1 Å². The lowest BCUT2D eigenvalue weighted by Crippen LogP contribution is -2.26. The highest BCUT2D eigenvalue weighted by molar-refractivity contribution is 5.95. The topological polar surface area (TPSA) is 92.7 Å². The van der Waals surface area contributed by atoms with Crippen LogP contribution >= 0.6 is 0 Å². The van der Waals surface area contributed by atoms with Gasteiger partial charge < -0.3 is 5.32 Å². The molecule has 0 saturated carbocycles. The minimum absolute atomic E-state index is 0.0288. The zero-order valence-corrected chi connectivity index (χ0v) is 13.6. The first kappa shape index (κ1) is 16.1. The van der Waals surface area contributed by atoms with Crippen LogP contribution in [0.3, 0.4) is 0 Å². The van der Waals surface area contributed by atoms with Crippen LogP contribution in [0.4, 0.5) is 14.6 Å². The van der Waals surface area contributed by atoms with Crippen LogP contribution in [0.5, 0.6) is 0 Å². The summed E-state index contributed by atoms with van der Waals surface area (Å²) in [4.78, 5) is 23.4. The van der Waals surface area contributed by atoms with Gasteiger partial charge in [0, 0.05) is 24.0 Å². The number of fused-ring (bicyclic) bond motifs is 1. The Bertz CT molecular complexity index is 1070. The Kier molecular flexibility index (Phi) is 3.64. The molecule has 1 atom stereocenters. The van der Waals surface area contributed by atoms with Crippen LogP contribution < -0.4 is 10.9 Å². The third-order valence-corrected chi connectivity index (χ3v) is 4.34. The number of H-pyrrole nitrogens is 1. The highest BCUT2D eigenvalue weighted by atomic mass is 19.2. The van der Waals surface area contributed by atoms with E-state index < -0.39 is 17.6 Å². The van der Waals surface area contributed by atoms with Crippen molar-refractivity contribution in [3.05, 3.63) is 69.1 Å². The van der Waals surface area contributed by atoms with Gasteiger partial charge in [-0.1, -0.05) is 12.1 Å². The first-order chi connectivity index (χ1) is 12.5. The molecular formula is C17H13F2N5O2. The molecule has 0 unspecified atom stereocenters. The molecule has 0 saturated heterocycles. The van der Waals surface area contributed by atoms with Gasteiger partial charge in [0.25, 0.3) is 5.56 Å². The van der Waals surface area contributed by atoms with Crippen LogP contribution in [0, 0.1) is 18.6 Å². The van der Waals surface area contributed by atoms with Gasteiger partial charge in [0.05, 0.1) is 5.69 Å². The number of nitrogens with zero attached hydrogens (tertiary/aromatic N) is 3. The van der Waals surface area contributed by atoms with Crippen molar-refractivity contribution in [2.45, 2.75) is 19.3 Å². The van der Waals surface area contributed by atoms with Crippen molar-refractivity contribution in [1.82, 2.24) is 20.0 Å². The normalized spacial score (nSPS) is 16.3. The van der Waals surface area contributed by atoms with Crippen LogP contribution in [0.15, 0.2) is 35.1 Å². The number of carbonyl (C=O) groups is 1. The summed E-state index contributed by atoms with van der Waals surface area (Å²) in [6.07, 6.45) is -0.0288. The van der Waals surface area contributed by atoms with Crippen molar-refractivity contribution in [2.75, 3.05) is 5.32 Å². The molecule has 2 N–H and O–H groups in total. The second kappa shape index (κ2) is 5.87. The largest absolute Gasteiger partial charge is 0.310 e. The van der Waals surface area contributed by atoms with Crippen molar-refractivity contribution in [1.29, 1.82) is 0 Å². The molecule has 0 radical (unpaired) electrons. The van der Waals surface area contributed by atoms with E-state index in [2.05, 4.69) is 20.6 Å². The van der Waals surface area contributed by atoms with Crippen molar-refractivity contribution < 1.29 is 13.6 Å². The van der Waals surface area contributed by atoms with E-state index in [-0.39, 0.29) is 29.3 Å². The van der Waals surface area contributed by atoms with Crippen LogP contribution in [-0.2, 0) is 4.79 Å². The third kappa shape index (κ3) is 2.48. The fraction of sp³-hybridized carbons (Fsp3) is 0.176. The lowest BCUT2D eigenvalue weighted by molar-refractivity contribution is -0.116. The van der Waals surface area contributed by atoms with Crippen LogP contribution in [0.25, 0.3) is 5.82 Å². The number of carbonyl (C=O) groups excluding carboxylic acids is 1. The summed E-state index contributed by atoms with van der Waals surface area (Å²) in [5.74, 6) is -2.36. The molecule has 2 aromatic heterocycles. The van der Waals surface area contributed by atoms with Crippen molar-refractivity contribution >= 4 is 11.7 Å². The van der Waals surface area contributed by atoms with E-state index in [9.17, 15) is 18.4 Å². The van der Waals surface area contributed by atoms with Gasteiger partial charge in [0.15, 0.2) is 17.5 Å². The smallest absolute Gasteiger partial charge is 0.264 e. The number of rotatable bonds is 2. The number of hydrogen-bond acceptors (Lipinski definition) is 4. The molecule has 1 aromatic carbocycles. The molecule has 1 amide bonds. The Morgan fingerprint density at radius 2 is 2.00 bits per heavy atom. The second-order valence-electron chi connectivity index (χ2n) is 5.99. The number of aromatic amines is 1. The highest BCUT2D eigenvalue weighted by Crippen LogP contribution is 2.40. The molecule has 3 aromatic rings. The zero-order chi connectivity index (χ0) is 18.4. The van der Waals surface area contributed by atoms with Crippen LogP contribution in [0.1, 0.15) is 29.2 Å². The Hall–Kier alpha value is -3.36. The number of nitrogens with one attached hydrogen (secondary N) is 2. The number of benzene rings is 1. The first-order valence-electron chi connectivity index (χ1n) is 7.85. The predicted molar refractivity (Wildman–Crippen MR) is 88.2 cm³/mol. The minimum atomic E-state index is -0.979. The fourth-order valence-electron chi connectivity index (χ4n) is 3.22. The molecule has 26 heavy (non-hydrogen) atoms. The van der Waals surface area contributed by atoms with Gasteiger partial charge in [-0.15, -0.1) is 0 Å². The summed E-state index contributed by atoms with van der Waals surface area (Å²) in [6, 6.07) is 6.62. The molecule has 4 rings (SSSR count). The Balaban J connectivity index is 1.91. The summed E-state index contributed by atoms with van der Waals surface area (Å²) in [7, 11) is 0. The van der Waals surface area contributed by atoms with E-state index in [1.807, 2.05) is 0 Å². The van der Waals surface area contributed by atoms with Gasteiger partial charge >= 0.3 is 0 Å². The van der Waals surface area contributed by atoms with Crippen LogP contribution in [0.2, 0.25) is 0 Å². The number of aryl methyl sites for hydroxylation is 1. The monoisotopic (exact) mass is 357 g/mol. The summed E-state index contributed by atoms with van der Waals surface area (Å²) in [5.41, 5.74) is 0.845. The van der Waals surface area contributed by atoms with Crippen molar-refractivity contribution in [3.8, 4) is 5.82 Å². The highest BCUT2D eigenvalue weighted by Gasteiger charge is 2.34. The number of aromatic nitrogens is 4. The molecule has 0 spiro atoms. The lowest BCUT2D eigenvalue weighted by atomic mass is 9.85. The molecule has 132 valence electrons. The van der Waals surface area contributed by atoms with E-state index in [1.54, 1.807) is 6.92 Å². The molecule has 0 aliphatic carbocycles. The van der Waals surface area contributed by atoms with Gasteiger partial charge in [0.2, 0.25) is 5.91 Å². The predicted octanol–water partition coefficient (Wildman–Crippen LogP) is 2.02. The summed E-state index contributed by atoms with van der Waals surface area (Å²) < 4.78 is 29.4. The number of amides is 1. The number of halogens is 2. The molecular weight excluding hydrogens is 344 g/mol. The SMILES string of the molecule is Cc1nn(-c2ccc(=O)[nH]n2)c2c1[C@@H](c1cccc(F)c1F)CC(=O)N2. The number of anilines is 1. The molecule has 0 bridgehead atoms. The third-order valence-electron chi connectivity index (χ3n) is 4.34. The maximum absolute atomic E-state index is 14.3. The van der Waals surface area contributed by atoms with Crippen LogP contribution in [-0.4, -0.2) is 25.9 Å². The van der Waals surface area contributed by atoms with E-state index in [4.69, 9.17) is 0 Å². The maximum Gasteiger partial charge on any atom is 0.264 e. The summed E-state index contributed by atoms with van der Waals surface area (Å²) >= 11 is 0. The van der Waals surface area contributed by atoms with Gasteiger partial charge in [-0.25, -0.2) is 13.9 Å². The Morgan fingerprint density at radius 3 is 2.73 bits per heavy atom.